The molecule has 3 aromatic heterocycles. The van der Waals surface area contributed by atoms with E-state index in [1.54, 1.807) is 0 Å². The number of alkyl halides is 1. The molecule has 1 saturated heterocycles. The largest absolute Gasteiger partial charge is 0.361 e. The minimum absolute atomic E-state index is 0.167. The number of likely N-dealkylation sites (tertiary alicyclic amines) is 1. The molecule has 1 aliphatic rings. The summed E-state index contributed by atoms with van der Waals surface area (Å²) in [6, 6.07) is 6.20. The van der Waals surface area contributed by atoms with Crippen LogP contribution in [0.15, 0.2) is 35.1 Å². The van der Waals surface area contributed by atoms with Gasteiger partial charge in [0.15, 0.2) is 0 Å². The molecule has 0 aromatic carbocycles. The number of aromatic nitrogens is 3. The Balaban J connectivity index is 1.38. The SMILES string of the molecule is Cc1noc(C)c1CN1C[C@@H](F)C[C@H]1CNCc1cnn2ccccc12. The molecule has 0 aliphatic carbocycles. The molecule has 2 atom stereocenters. The highest BCUT2D eigenvalue weighted by molar-refractivity contribution is 5.53. The van der Waals surface area contributed by atoms with E-state index in [0.29, 0.717) is 19.5 Å². The first kappa shape index (κ1) is 17.2. The van der Waals surface area contributed by atoms with Crippen LogP contribution in [0.5, 0.6) is 0 Å². The lowest BCUT2D eigenvalue weighted by Crippen LogP contribution is -2.37. The standard InChI is InChI=1S/C19H24FN5O/c1-13-18(14(2)26-23-13)12-24-11-16(20)7-17(24)10-21-8-15-9-22-25-6-4-3-5-19(15)25/h3-6,9,16-17,21H,7-8,10-12H2,1-2H3/t16-,17-/m0/s1. The van der Waals surface area contributed by atoms with Gasteiger partial charge in [0.05, 0.1) is 17.4 Å². The van der Waals surface area contributed by atoms with E-state index in [9.17, 15) is 4.39 Å². The van der Waals surface area contributed by atoms with Crippen LogP contribution in [0.4, 0.5) is 4.39 Å². The average molecular weight is 357 g/mol. The lowest BCUT2D eigenvalue weighted by molar-refractivity contribution is 0.228. The molecule has 26 heavy (non-hydrogen) atoms. The van der Waals surface area contributed by atoms with Crippen LogP contribution in [0.3, 0.4) is 0 Å². The van der Waals surface area contributed by atoms with E-state index in [1.807, 2.05) is 42.9 Å². The molecule has 1 fully saturated rings. The second kappa shape index (κ2) is 7.17. The highest BCUT2D eigenvalue weighted by Gasteiger charge is 2.32. The van der Waals surface area contributed by atoms with Crippen LogP contribution in [0.1, 0.15) is 29.0 Å². The van der Waals surface area contributed by atoms with Crippen molar-refractivity contribution < 1.29 is 8.91 Å². The van der Waals surface area contributed by atoms with Gasteiger partial charge in [0.2, 0.25) is 0 Å². The molecule has 0 saturated carbocycles. The molecular formula is C19H24FN5O. The third-order valence-electron chi connectivity index (χ3n) is 5.22. The predicted molar refractivity (Wildman–Crippen MR) is 96.6 cm³/mol. The van der Waals surface area contributed by atoms with E-state index in [0.717, 1.165) is 41.2 Å². The third-order valence-corrected chi connectivity index (χ3v) is 5.22. The second-order valence-corrected chi connectivity index (χ2v) is 7.05. The zero-order valence-electron chi connectivity index (χ0n) is 15.2. The summed E-state index contributed by atoms with van der Waals surface area (Å²) in [4.78, 5) is 2.19. The van der Waals surface area contributed by atoms with Crippen molar-refractivity contribution in [2.45, 2.75) is 45.6 Å². The van der Waals surface area contributed by atoms with Crippen molar-refractivity contribution in [2.75, 3.05) is 13.1 Å². The van der Waals surface area contributed by atoms with Crippen molar-refractivity contribution in [3.05, 3.63) is 53.2 Å². The molecule has 4 heterocycles. The van der Waals surface area contributed by atoms with Gasteiger partial charge in [-0.2, -0.15) is 5.10 Å². The summed E-state index contributed by atoms with van der Waals surface area (Å²) in [6.07, 6.45) is 3.61. The Morgan fingerprint density at radius 1 is 1.35 bits per heavy atom. The monoisotopic (exact) mass is 357 g/mol. The normalized spacial score (nSPS) is 21.0. The molecule has 6 nitrogen and oxygen atoms in total. The van der Waals surface area contributed by atoms with Crippen LogP contribution >= 0.6 is 0 Å². The van der Waals surface area contributed by atoms with Crippen molar-refractivity contribution in [3.63, 3.8) is 0 Å². The summed E-state index contributed by atoms with van der Waals surface area (Å²) in [7, 11) is 0. The summed E-state index contributed by atoms with van der Waals surface area (Å²) in [5.41, 5.74) is 4.22. The number of rotatable bonds is 6. The Morgan fingerprint density at radius 2 is 2.23 bits per heavy atom. The number of nitrogens with one attached hydrogen (secondary N) is 1. The molecule has 4 rings (SSSR count). The van der Waals surface area contributed by atoms with Gasteiger partial charge in [0.1, 0.15) is 11.9 Å². The van der Waals surface area contributed by atoms with Crippen molar-refractivity contribution in [1.82, 2.24) is 25.0 Å². The van der Waals surface area contributed by atoms with Gasteiger partial charge in [-0.3, -0.25) is 4.90 Å². The number of hydrogen-bond acceptors (Lipinski definition) is 5. The van der Waals surface area contributed by atoms with E-state index in [1.165, 1.54) is 0 Å². The molecule has 0 spiro atoms. The fourth-order valence-electron chi connectivity index (χ4n) is 3.76. The van der Waals surface area contributed by atoms with E-state index in [-0.39, 0.29) is 6.04 Å². The number of aryl methyl sites for hydroxylation is 2. The number of nitrogens with zero attached hydrogens (tertiary/aromatic N) is 4. The Kier molecular flexibility index (Phi) is 4.74. The maximum Gasteiger partial charge on any atom is 0.138 e. The fourth-order valence-corrected chi connectivity index (χ4v) is 3.76. The molecule has 138 valence electrons. The molecule has 1 N–H and O–H groups in total. The van der Waals surface area contributed by atoms with Gasteiger partial charge in [0, 0.05) is 49.5 Å². The van der Waals surface area contributed by atoms with Crippen molar-refractivity contribution >= 4 is 5.52 Å². The van der Waals surface area contributed by atoms with Gasteiger partial charge in [0.25, 0.3) is 0 Å². The third kappa shape index (κ3) is 3.37. The maximum absolute atomic E-state index is 14.0. The quantitative estimate of drug-likeness (QED) is 0.735. The summed E-state index contributed by atoms with van der Waals surface area (Å²) >= 11 is 0. The Morgan fingerprint density at radius 3 is 3.04 bits per heavy atom. The minimum atomic E-state index is -0.778. The van der Waals surface area contributed by atoms with E-state index in [4.69, 9.17) is 4.52 Å². The van der Waals surface area contributed by atoms with Crippen LogP contribution in [-0.4, -0.2) is 45.0 Å². The smallest absolute Gasteiger partial charge is 0.138 e. The Hall–Kier alpha value is -2.25. The zero-order valence-corrected chi connectivity index (χ0v) is 15.2. The van der Waals surface area contributed by atoms with Crippen molar-refractivity contribution in [2.24, 2.45) is 0 Å². The van der Waals surface area contributed by atoms with E-state index in [2.05, 4.69) is 26.5 Å². The summed E-state index contributed by atoms with van der Waals surface area (Å²) in [6.45, 7) is 6.47. The molecule has 0 radical (unpaired) electrons. The van der Waals surface area contributed by atoms with Gasteiger partial charge in [-0.25, -0.2) is 8.91 Å². The lowest BCUT2D eigenvalue weighted by Gasteiger charge is -2.24. The molecular weight excluding hydrogens is 333 g/mol. The van der Waals surface area contributed by atoms with Gasteiger partial charge >= 0.3 is 0 Å². The summed E-state index contributed by atoms with van der Waals surface area (Å²) in [5, 5.41) is 11.8. The number of halogens is 1. The van der Waals surface area contributed by atoms with Crippen LogP contribution in [0.25, 0.3) is 5.52 Å². The van der Waals surface area contributed by atoms with E-state index >= 15 is 0 Å². The molecule has 3 aromatic rings. The van der Waals surface area contributed by atoms with Gasteiger partial charge < -0.3 is 9.84 Å². The maximum atomic E-state index is 14.0. The predicted octanol–water partition coefficient (Wildman–Crippen LogP) is 2.64. The minimum Gasteiger partial charge on any atom is -0.361 e. The first-order valence-corrected chi connectivity index (χ1v) is 9.03. The summed E-state index contributed by atoms with van der Waals surface area (Å²) in [5.74, 6) is 0.822. The number of pyridine rings is 1. The first-order valence-electron chi connectivity index (χ1n) is 9.03. The number of fused-ring (bicyclic) bond motifs is 1. The lowest BCUT2D eigenvalue weighted by atomic mass is 10.1. The molecule has 0 bridgehead atoms. The molecule has 0 unspecified atom stereocenters. The van der Waals surface area contributed by atoms with E-state index < -0.39 is 6.17 Å². The van der Waals surface area contributed by atoms with Crippen LogP contribution in [-0.2, 0) is 13.1 Å². The highest BCUT2D eigenvalue weighted by Crippen LogP contribution is 2.25. The molecule has 1 aliphatic heterocycles. The first-order chi connectivity index (χ1) is 12.6. The average Bonchev–Trinajstić information content (AvgIpc) is 3.29. The van der Waals surface area contributed by atoms with Crippen LogP contribution < -0.4 is 5.32 Å². The Labute approximate surface area is 152 Å². The van der Waals surface area contributed by atoms with Crippen molar-refractivity contribution in [3.8, 4) is 0 Å². The fraction of sp³-hybridized carbons (Fsp3) is 0.474. The van der Waals surface area contributed by atoms with Gasteiger partial charge in [-0.15, -0.1) is 0 Å². The van der Waals surface area contributed by atoms with Gasteiger partial charge in [-0.05, 0) is 32.4 Å². The highest BCUT2D eigenvalue weighted by atomic mass is 19.1. The van der Waals surface area contributed by atoms with Crippen LogP contribution in [0.2, 0.25) is 0 Å². The topological polar surface area (TPSA) is 58.6 Å². The van der Waals surface area contributed by atoms with Crippen molar-refractivity contribution in [1.29, 1.82) is 0 Å². The number of hydrogen-bond donors (Lipinski definition) is 1. The zero-order chi connectivity index (χ0) is 18.1. The summed E-state index contributed by atoms with van der Waals surface area (Å²) < 4.78 is 21.2. The Bertz CT molecular complexity index is 870. The second-order valence-electron chi connectivity index (χ2n) is 7.05. The van der Waals surface area contributed by atoms with Gasteiger partial charge in [-0.1, -0.05) is 11.2 Å². The van der Waals surface area contributed by atoms with Crippen LogP contribution in [0, 0.1) is 13.8 Å². The molecule has 0 amide bonds. The molecule has 7 heteroatoms.